The van der Waals surface area contributed by atoms with E-state index in [-0.39, 0.29) is 11.1 Å². The number of benzene rings is 2. The minimum atomic E-state index is -3.20. The zero-order valence-electron chi connectivity index (χ0n) is 17.7. The molecule has 1 N–H and O–H groups in total. The van der Waals surface area contributed by atoms with E-state index >= 15 is 0 Å². The zero-order chi connectivity index (χ0) is 25.5. The van der Waals surface area contributed by atoms with Crippen LogP contribution in [0.15, 0.2) is 53.8 Å². The summed E-state index contributed by atoms with van der Waals surface area (Å²) in [6.45, 7) is -0.447. The molecular formula is C23H14F6N3O3+. The molecule has 3 aromatic rings. The van der Waals surface area contributed by atoms with E-state index in [0.717, 1.165) is 16.5 Å². The number of hydrogen-bond donors (Lipinski definition) is 1. The van der Waals surface area contributed by atoms with Crippen molar-refractivity contribution in [2.75, 3.05) is 11.9 Å². The molecule has 4 rings (SSSR count). The highest BCUT2D eigenvalue weighted by Crippen LogP contribution is 2.36. The SMILES string of the molecule is CC(F)(F)COc1cccc(-c2c(F)c(F)c(NC(=O)C3=c4cccc[n+]4=NC3=O)c(F)c2F)c1. The summed E-state index contributed by atoms with van der Waals surface area (Å²) in [7, 11) is 0. The van der Waals surface area contributed by atoms with Crippen LogP contribution in [0.1, 0.15) is 6.92 Å². The Morgan fingerprint density at radius 1 is 1.03 bits per heavy atom. The molecule has 0 saturated heterocycles. The molecule has 35 heavy (non-hydrogen) atoms. The van der Waals surface area contributed by atoms with E-state index in [1.165, 1.54) is 36.5 Å². The monoisotopic (exact) mass is 494 g/mol. The largest absolute Gasteiger partial charge is 0.487 e. The Morgan fingerprint density at radius 3 is 2.37 bits per heavy atom. The molecule has 0 bridgehead atoms. The molecule has 0 saturated carbocycles. The summed E-state index contributed by atoms with van der Waals surface area (Å²) in [6, 6.07) is 8.72. The van der Waals surface area contributed by atoms with Gasteiger partial charge in [-0.3, -0.25) is 9.59 Å². The number of rotatable bonds is 6. The number of carbonyl (C=O) groups excluding carboxylic acids is 2. The number of nitrogens with one attached hydrogen (secondary N) is 1. The first-order chi connectivity index (χ1) is 16.5. The number of alkyl halides is 2. The van der Waals surface area contributed by atoms with Gasteiger partial charge in [0.05, 0.1) is 10.7 Å². The van der Waals surface area contributed by atoms with Gasteiger partial charge in [-0.15, -0.1) is 0 Å². The fourth-order valence-electron chi connectivity index (χ4n) is 3.31. The summed E-state index contributed by atoms with van der Waals surface area (Å²) < 4.78 is 91.2. The first-order valence-electron chi connectivity index (χ1n) is 9.90. The molecule has 1 aliphatic heterocycles. The van der Waals surface area contributed by atoms with Crippen LogP contribution >= 0.6 is 0 Å². The van der Waals surface area contributed by atoms with Crippen molar-refractivity contribution in [1.29, 1.82) is 0 Å². The summed E-state index contributed by atoms with van der Waals surface area (Å²) >= 11 is 0. The lowest BCUT2D eigenvalue weighted by atomic mass is 10.0. The highest BCUT2D eigenvalue weighted by molar-refractivity contribution is 6.43. The smallest absolute Gasteiger partial charge is 0.352 e. The van der Waals surface area contributed by atoms with Crippen molar-refractivity contribution in [3.05, 3.63) is 77.3 Å². The second-order valence-corrected chi connectivity index (χ2v) is 7.56. The highest BCUT2D eigenvalue weighted by Gasteiger charge is 2.34. The molecule has 1 aliphatic rings. The zero-order valence-corrected chi connectivity index (χ0v) is 17.7. The number of ether oxygens (including phenoxy) is 1. The van der Waals surface area contributed by atoms with Gasteiger partial charge in [-0.2, -0.15) is 0 Å². The van der Waals surface area contributed by atoms with E-state index in [2.05, 4.69) is 5.11 Å². The summed E-state index contributed by atoms with van der Waals surface area (Å²) in [5, 5.41) is 5.25. The standard InChI is InChI=1S/C23H13F6N3O3/c1-23(28,29)10-35-12-6-4-5-11(9-12)14-16(24)18(26)20(19(27)17(14)25)30-21(33)15-13-7-2-3-8-32(13)31-22(15)34/h2-9H,10H2,1H3/p+1. The summed E-state index contributed by atoms with van der Waals surface area (Å²) in [6.07, 6.45) is 1.35. The predicted molar refractivity (Wildman–Crippen MR) is 109 cm³/mol. The number of fused-ring (bicyclic) bond motifs is 1. The van der Waals surface area contributed by atoms with E-state index < -0.39 is 70.0 Å². The molecule has 0 unspecified atom stereocenters. The van der Waals surface area contributed by atoms with Crippen LogP contribution in [0.3, 0.4) is 0 Å². The third-order valence-corrected chi connectivity index (χ3v) is 4.85. The molecule has 0 spiro atoms. The van der Waals surface area contributed by atoms with Gasteiger partial charge in [-0.05, 0) is 28.1 Å². The van der Waals surface area contributed by atoms with E-state index in [1.807, 2.05) is 0 Å². The third-order valence-electron chi connectivity index (χ3n) is 4.85. The second-order valence-electron chi connectivity index (χ2n) is 7.56. The van der Waals surface area contributed by atoms with Crippen molar-refractivity contribution in [1.82, 2.24) is 0 Å². The van der Waals surface area contributed by atoms with E-state index in [1.54, 1.807) is 5.32 Å². The lowest BCUT2D eigenvalue weighted by molar-refractivity contribution is -0.553. The average Bonchev–Trinajstić information content (AvgIpc) is 3.15. The van der Waals surface area contributed by atoms with Crippen LogP contribution in [0.25, 0.3) is 16.7 Å². The molecule has 0 atom stereocenters. The molecule has 6 nitrogen and oxygen atoms in total. The average molecular weight is 494 g/mol. The molecule has 2 aromatic carbocycles. The summed E-state index contributed by atoms with van der Waals surface area (Å²) in [4.78, 5) is 24.6. The predicted octanol–water partition coefficient (Wildman–Crippen LogP) is 3.59. The Balaban J connectivity index is 1.72. The van der Waals surface area contributed by atoms with Crippen LogP contribution < -0.4 is 19.8 Å². The molecule has 2 amide bonds. The minimum absolute atomic E-state index is 0.00264. The normalized spacial score (nSPS) is 12.9. The Labute approximate surface area is 192 Å². The number of carbonyl (C=O) groups is 2. The maximum atomic E-state index is 14.8. The van der Waals surface area contributed by atoms with Gasteiger partial charge in [0.25, 0.3) is 17.2 Å². The minimum Gasteiger partial charge on any atom is -0.487 e. The molecule has 1 aromatic heterocycles. The van der Waals surface area contributed by atoms with Gasteiger partial charge >= 0.3 is 5.91 Å². The number of amides is 2. The van der Waals surface area contributed by atoms with Crippen LogP contribution in [-0.2, 0) is 9.59 Å². The Bertz CT molecular complexity index is 1470. The first-order valence-corrected chi connectivity index (χ1v) is 9.90. The van der Waals surface area contributed by atoms with Crippen molar-refractivity contribution >= 4 is 23.1 Å². The number of hydrogen-bond acceptors (Lipinski definition) is 3. The lowest BCUT2D eigenvalue weighted by Crippen LogP contribution is -2.36. The molecule has 0 fully saturated rings. The van der Waals surface area contributed by atoms with Gasteiger partial charge in [0.2, 0.25) is 6.20 Å². The molecule has 2 heterocycles. The molecule has 0 aliphatic carbocycles. The van der Waals surface area contributed by atoms with Crippen molar-refractivity contribution in [3.63, 3.8) is 0 Å². The Morgan fingerprint density at radius 2 is 1.71 bits per heavy atom. The lowest BCUT2D eigenvalue weighted by Gasteiger charge is -2.15. The van der Waals surface area contributed by atoms with Crippen LogP contribution in [0.5, 0.6) is 5.75 Å². The van der Waals surface area contributed by atoms with E-state index in [4.69, 9.17) is 4.74 Å². The van der Waals surface area contributed by atoms with E-state index in [9.17, 15) is 35.9 Å². The number of halogens is 6. The molecular weight excluding hydrogens is 480 g/mol. The van der Waals surface area contributed by atoms with Crippen molar-refractivity contribution in [2.24, 2.45) is 5.11 Å². The van der Waals surface area contributed by atoms with Crippen LogP contribution in [0.2, 0.25) is 0 Å². The summed E-state index contributed by atoms with van der Waals surface area (Å²) in [5.41, 5.74) is -3.60. The summed E-state index contributed by atoms with van der Waals surface area (Å²) in [5.74, 6) is -13.4. The molecule has 12 heteroatoms. The Kier molecular flexibility index (Phi) is 6.05. The maximum absolute atomic E-state index is 14.8. The second kappa shape index (κ2) is 8.85. The van der Waals surface area contributed by atoms with Gasteiger partial charge in [0.1, 0.15) is 11.4 Å². The number of aromatic nitrogens is 1. The third kappa shape index (κ3) is 4.59. The fraction of sp³-hybridized carbons (Fsp3) is 0.130. The van der Waals surface area contributed by atoms with Crippen LogP contribution in [0.4, 0.5) is 32.0 Å². The topological polar surface area (TPSA) is 73.7 Å². The van der Waals surface area contributed by atoms with Gasteiger partial charge in [0, 0.05) is 19.1 Å². The van der Waals surface area contributed by atoms with E-state index in [0.29, 0.717) is 6.92 Å². The number of nitrogens with zero attached hydrogens (tertiary/aromatic N) is 2. The van der Waals surface area contributed by atoms with Crippen molar-refractivity contribution in [3.8, 4) is 16.9 Å². The number of anilines is 1. The van der Waals surface area contributed by atoms with Crippen molar-refractivity contribution in [2.45, 2.75) is 12.8 Å². The maximum Gasteiger partial charge on any atom is 0.352 e. The van der Waals surface area contributed by atoms with Gasteiger partial charge < -0.3 is 10.1 Å². The first kappa shape index (κ1) is 23.9. The van der Waals surface area contributed by atoms with Crippen molar-refractivity contribution < 1.29 is 45.0 Å². The highest BCUT2D eigenvalue weighted by atomic mass is 19.3. The quantitative estimate of drug-likeness (QED) is 0.324. The van der Waals surface area contributed by atoms with Gasteiger partial charge in [-0.25, -0.2) is 26.3 Å². The van der Waals surface area contributed by atoms with Crippen LogP contribution in [0, 0.1) is 23.3 Å². The fourth-order valence-corrected chi connectivity index (χ4v) is 3.31. The Hall–Kier alpha value is -4.22. The molecule has 0 radical (unpaired) electrons. The van der Waals surface area contributed by atoms with Gasteiger partial charge in [0.15, 0.2) is 35.4 Å². The van der Waals surface area contributed by atoms with Crippen LogP contribution in [-0.4, -0.2) is 24.3 Å². The molecule has 180 valence electrons. The number of pyridine rings is 1. The van der Waals surface area contributed by atoms with Gasteiger partial charge in [-0.1, -0.05) is 12.1 Å².